The molecule has 1 heterocycles. The topological polar surface area (TPSA) is 70.1 Å². The summed E-state index contributed by atoms with van der Waals surface area (Å²) in [4.78, 5) is 17.0. The number of fused-ring (bicyclic) bond motifs is 1. The molecule has 1 atom stereocenters. The minimum Gasteiger partial charge on any atom is -0.384 e. The van der Waals surface area contributed by atoms with Gasteiger partial charge in [-0.2, -0.15) is 5.26 Å². The van der Waals surface area contributed by atoms with Crippen LogP contribution in [0.15, 0.2) is 106 Å². The normalized spacial score (nSPS) is 17.2. The Bertz CT molecular complexity index is 1800. The molecular weight excluding hydrogens is 522 g/mol. The van der Waals surface area contributed by atoms with Crippen molar-refractivity contribution in [3.8, 4) is 6.07 Å². The molecule has 5 heteroatoms. The van der Waals surface area contributed by atoms with Crippen molar-refractivity contribution in [2.24, 2.45) is 5.73 Å². The first-order valence-electron chi connectivity index (χ1n) is 14.1. The highest BCUT2D eigenvalue weighted by atomic mass is 32.2. The number of nitriles is 1. The van der Waals surface area contributed by atoms with E-state index in [1.165, 1.54) is 16.0 Å². The number of benzene rings is 4. The van der Waals surface area contributed by atoms with E-state index in [2.05, 4.69) is 81.4 Å². The van der Waals surface area contributed by atoms with Crippen molar-refractivity contribution in [2.45, 2.75) is 56.6 Å². The van der Waals surface area contributed by atoms with Gasteiger partial charge >= 0.3 is 0 Å². The van der Waals surface area contributed by atoms with E-state index in [-0.39, 0.29) is 5.78 Å². The highest BCUT2D eigenvalue weighted by molar-refractivity contribution is 7.98. The van der Waals surface area contributed by atoms with E-state index in [1.807, 2.05) is 40.9 Å². The number of thioether (sulfide) groups is 1. The van der Waals surface area contributed by atoms with Gasteiger partial charge < -0.3 is 5.73 Å². The lowest BCUT2D eigenvalue weighted by atomic mass is 9.73. The molecule has 0 amide bonds. The number of rotatable bonds is 5. The smallest absolute Gasteiger partial charge is 0.161 e. The van der Waals surface area contributed by atoms with Crippen LogP contribution in [0.4, 0.5) is 5.69 Å². The summed E-state index contributed by atoms with van der Waals surface area (Å²) < 4.78 is 0. The van der Waals surface area contributed by atoms with Gasteiger partial charge in [-0.3, -0.25) is 9.69 Å². The van der Waals surface area contributed by atoms with Gasteiger partial charge in [0, 0.05) is 33.7 Å². The SMILES string of the molecule is Cc1cc(CSc2ccccc2C)c(C)c(C2C(C#N)=C(N)N(c3cccc4ccccc34)C3=C2C(=O)CCC3)c1. The second kappa shape index (κ2) is 11.0. The first-order chi connectivity index (χ1) is 19.9. The lowest BCUT2D eigenvalue weighted by Gasteiger charge is -2.40. The lowest BCUT2D eigenvalue weighted by Crippen LogP contribution is -2.39. The maximum Gasteiger partial charge on any atom is 0.161 e. The van der Waals surface area contributed by atoms with Crippen LogP contribution >= 0.6 is 11.8 Å². The van der Waals surface area contributed by atoms with Crippen LogP contribution in [-0.2, 0) is 10.5 Å². The molecule has 0 saturated heterocycles. The van der Waals surface area contributed by atoms with Crippen LogP contribution in [0.2, 0.25) is 0 Å². The molecular formula is C36H33N3OS. The maximum absolute atomic E-state index is 13.8. The minimum absolute atomic E-state index is 0.110. The number of carbonyl (C=O) groups is 1. The Kier molecular flexibility index (Phi) is 7.19. The second-order valence-electron chi connectivity index (χ2n) is 11.0. The average molecular weight is 556 g/mol. The molecule has 41 heavy (non-hydrogen) atoms. The van der Waals surface area contributed by atoms with Gasteiger partial charge in [-0.05, 0) is 73.4 Å². The summed E-state index contributed by atoms with van der Waals surface area (Å²) in [5.74, 6) is 0.856. The fourth-order valence-electron chi connectivity index (χ4n) is 6.36. The Labute approximate surface area is 246 Å². The van der Waals surface area contributed by atoms with Crippen molar-refractivity contribution in [1.29, 1.82) is 5.26 Å². The number of allylic oxidation sites excluding steroid dienone is 3. The van der Waals surface area contributed by atoms with Gasteiger partial charge in [0.1, 0.15) is 5.82 Å². The molecule has 4 aromatic rings. The maximum atomic E-state index is 13.8. The van der Waals surface area contributed by atoms with E-state index in [0.717, 1.165) is 63.0 Å². The Morgan fingerprint density at radius 3 is 2.54 bits per heavy atom. The molecule has 204 valence electrons. The summed E-state index contributed by atoms with van der Waals surface area (Å²) in [6.45, 7) is 6.35. The van der Waals surface area contributed by atoms with E-state index in [1.54, 1.807) is 0 Å². The van der Waals surface area contributed by atoms with Crippen LogP contribution in [0.25, 0.3) is 10.8 Å². The van der Waals surface area contributed by atoms with Gasteiger partial charge in [0.05, 0.1) is 23.2 Å². The summed E-state index contributed by atoms with van der Waals surface area (Å²) in [6, 6.07) is 29.6. The van der Waals surface area contributed by atoms with E-state index in [0.29, 0.717) is 17.8 Å². The predicted molar refractivity (Wildman–Crippen MR) is 169 cm³/mol. The van der Waals surface area contributed by atoms with Crippen LogP contribution in [0.1, 0.15) is 53.0 Å². The number of Topliss-reactive ketones (excluding diaryl/α,β-unsaturated/α-hetero) is 1. The van der Waals surface area contributed by atoms with Crippen LogP contribution in [0.3, 0.4) is 0 Å². The van der Waals surface area contributed by atoms with Gasteiger partial charge in [0.2, 0.25) is 0 Å². The standard InChI is InChI=1S/C36H33N3OS/c1-22-18-26(21-41-33-17-7-4-10-23(33)2)24(3)28(19-22)34-29(20-37)36(38)39(31-15-9-16-32(40)35(31)34)30-14-8-12-25-11-5-6-13-27(25)30/h4-8,10-14,17-19,34H,9,15-16,21,38H2,1-3H3. The van der Waals surface area contributed by atoms with E-state index >= 15 is 0 Å². The third-order valence-corrected chi connectivity index (χ3v) is 9.63. The average Bonchev–Trinajstić information content (AvgIpc) is 2.97. The molecule has 0 spiro atoms. The molecule has 1 aliphatic heterocycles. The zero-order chi connectivity index (χ0) is 28.7. The third kappa shape index (κ3) is 4.73. The van der Waals surface area contributed by atoms with Crippen molar-refractivity contribution in [2.75, 3.05) is 4.90 Å². The van der Waals surface area contributed by atoms with Gasteiger partial charge in [-0.15, -0.1) is 11.8 Å². The number of anilines is 1. The summed E-state index contributed by atoms with van der Waals surface area (Å²) in [5.41, 5.74) is 15.7. The molecule has 0 aromatic heterocycles. The number of ketones is 1. The number of nitrogens with two attached hydrogens (primary N) is 1. The zero-order valence-electron chi connectivity index (χ0n) is 23.7. The molecule has 2 N–H and O–H groups in total. The minimum atomic E-state index is -0.476. The quantitative estimate of drug-likeness (QED) is 0.251. The summed E-state index contributed by atoms with van der Waals surface area (Å²) in [5, 5.41) is 12.7. The molecule has 2 aliphatic rings. The third-order valence-electron chi connectivity index (χ3n) is 8.41. The van der Waals surface area contributed by atoms with Gasteiger partial charge in [-0.25, -0.2) is 0 Å². The van der Waals surface area contributed by atoms with Crippen LogP contribution in [0, 0.1) is 32.1 Å². The molecule has 4 nitrogen and oxygen atoms in total. The number of nitrogens with zero attached hydrogens (tertiary/aromatic N) is 2. The number of hydrogen-bond acceptors (Lipinski definition) is 5. The molecule has 6 rings (SSSR count). The lowest BCUT2D eigenvalue weighted by molar-refractivity contribution is -0.116. The molecule has 0 saturated carbocycles. The van der Waals surface area contributed by atoms with E-state index in [9.17, 15) is 10.1 Å². The Balaban J connectivity index is 1.51. The monoisotopic (exact) mass is 555 g/mol. The summed E-state index contributed by atoms with van der Waals surface area (Å²) >= 11 is 1.82. The highest BCUT2D eigenvalue weighted by Gasteiger charge is 2.41. The number of hydrogen-bond donors (Lipinski definition) is 1. The fourth-order valence-corrected chi connectivity index (χ4v) is 7.44. The van der Waals surface area contributed by atoms with Crippen molar-refractivity contribution >= 4 is 34.0 Å². The van der Waals surface area contributed by atoms with Crippen molar-refractivity contribution in [3.05, 3.63) is 129 Å². The zero-order valence-corrected chi connectivity index (χ0v) is 24.5. The predicted octanol–water partition coefficient (Wildman–Crippen LogP) is 8.36. The van der Waals surface area contributed by atoms with Crippen LogP contribution < -0.4 is 10.6 Å². The first-order valence-corrected chi connectivity index (χ1v) is 15.1. The Morgan fingerprint density at radius 2 is 1.73 bits per heavy atom. The largest absolute Gasteiger partial charge is 0.384 e. The fraction of sp³-hybridized carbons (Fsp3) is 0.222. The Morgan fingerprint density at radius 1 is 0.976 bits per heavy atom. The van der Waals surface area contributed by atoms with Gasteiger partial charge in [0.25, 0.3) is 0 Å². The van der Waals surface area contributed by atoms with Gasteiger partial charge in [-0.1, -0.05) is 72.3 Å². The molecule has 1 unspecified atom stereocenters. The molecule has 1 aliphatic carbocycles. The Hall–Kier alpha value is -4.27. The summed E-state index contributed by atoms with van der Waals surface area (Å²) in [6.07, 6.45) is 1.99. The van der Waals surface area contributed by atoms with Crippen molar-refractivity contribution in [3.63, 3.8) is 0 Å². The summed E-state index contributed by atoms with van der Waals surface area (Å²) in [7, 11) is 0. The highest BCUT2D eigenvalue weighted by Crippen LogP contribution is 2.48. The number of carbonyl (C=O) groups excluding carboxylic acids is 1. The van der Waals surface area contributed by atoms with Crippen LogP contribution in [-0.4, -0.2) is 5.78 Å². The second-order valence-corrected chi connectivity index (χ2v) is 12.0. The van der Waals surface area contributed by atoms with Gasteiger partial charge in [0.15, 0.2) is 5.78 Å². The van der Waals surface area contributed by atoms with E-state index < -0.39 is 5.92 Å². The molecule has 0 radical (unpaired) electrons. The van der Waals surface area contributed by atoms with Crippen LogP contribution in [0.5, 0.6) is 0 Å². The van der Waals surface area contributed by atoms with Crippen molar-refractivity contribution < 1.29 is 4.79 Å². The molecule has 4 aromatic carbocycles. The number of aryl methyl sites for hydroxylation is 2. The van der Waals surface area contributed by atoms with Crippen molar-refractivity contribution in [1.82, 2.24) is 0 Å². The molecule has 0 bridgehead atoms. The molecule has 0 fully saturated rings. The first kappa shape index (κ1) is 26.9. The van der Waals surface area contributed by atoms with E-state index in [4.69, 9.17) is 5.73 Å².